The first-order chi connectivity index (χ1) is 13.5. The minimum atomic E-state index is -0.764. The summed E-state index contributed by atoms with van der Waals surface area (Å²) in [5.74, 6) is 0.170. The number of allylic oxidation sites excluding steroid dienone is 1. The van der Waals surface area contributed by atoms with Crippen LogP contribution in [0.1, 0.15) is 25.3 Å². The Labute approximate surface area is 164 Å². The Balaban J connectivity index is 1.75. The van der Waals surface area contributed by atoms with Gasteiger partial charge in [-0.2, -0.15) is 0 Å². The second kappa shape index (κ2) is 4.92. The number of esters is 1. The first kappa shape index (κ1) is 16.9. The number of carbonyl (C=O) groups excluding carboxylic acids is 1. The van der Waals surface area contributed by atoms with Crippen molar-refractivity contribution < 1.29 is 19.4 Å². The van der Waals surface area contributed by atoms with Crippen LogP contribution in [0.5, 0.6) is 5.75 Å². The molecule has 1 aromatic rings. The number of carbonyl (C=O) groups is 1. The summed E-state index contributed by atoms with van der Waals surface area (Å²) >= 11 is 0. The number of anilines is 1. The summed E-state index contributed by atoms with van der Waals surface area (Å²) in [6.45, 7) is 4.25. The summed E-state index contributed by atoms with van der Waals surface area (Å²) in [5, 5.41) is 10.4. The normalized spacial score (nSPS) is 44.0. The van der Waals surface area contributed by atoms with Crippen LogP contribution >= 0.6 is 0 Å². The van der Waals surface area contributed by atoms with Gasteiger partial charge in [-0.25, -0.2) is 0 Å². The molecule has 3 saturated heterocycles. The molecule has 4 heterocycles. The highest BCUT2D eigenvalue weighted by Crippen LogP contribution is 2.76. The highest BCUT2D eigenvalue weighted by Gasteiger charge is 2.86. The highest BCUT2D eigenvalue weighted by molar-refractivity contribution is 5.86. The number of phenols is 1. The van der Waals surface area contributed by atoms with E-state index in [1.807, 2.05) is 12.1 Å². The maximum Gasteiger partial charge on any atom is 0.315 e. The number of aromatic hydroxyl groups is 1. The van der Waals surface area contributed by atoms with Crippen molar-refractivity contribution in [2.75, 3.05) is 38.8 Å². The molecular formula is C22H26N2O4. The summed E-state index contributed by atoms with van der Waals surface area (Å²) in [6, 6.07) is 5.79. The van der Waals surface area contributed by atoms with Gasteiger partial charge in [-0.1, -0.05) is 11.6 Å². The molecule has 1 N–H and O–H groups in total. The molecule has 6 heteroatoms. The SMILES string of the molecule is CC=C1CN2CC[C@@]34c5cc(O)ccc5N(C)[C@]35OC[C@]4(C(=O)OC)[C@H]1C[C@H]25. The molecule has 5 atom stereocenters. The van der Waals surface area contributed by atoms with Crippen LogP contribution in [0.4, 0.5) is 5.69 Å². The van der Waals surface area contributed by atoms with E-state index in [9.17, 15) is 9.90 Å². The van der Waals surface area contributed by atoms with Crippen molar-refractivity contribution in [2.24, 2.45) is 11.3 Å². The van der Waals surface area contributed by atoms with Crippen molar-refractivity contribution in [1.82, 2.24) is 4.90 Å². The van der Waals surface area contributed by atoms with Gasteiger partial charge in [0.2, 0.25) is 0 Å². The van der Waals surface area contributed by atoms with E-state index in [1.165, 1.54) is 12.7 Å². The molecule has 5 aliphatic rings. The number of rotatable bonds is 1. The Bertz CT molecular complexity index is 944. The number of fused-ring (bicyclic) bond motifs is 3. The molecular weight excluding hydrogens is 356 g/mol. The van der Waals surface area contributed by atoms with Gasteiger partial charge in [0.25, 0.3) is 0 Å². The van der Waals surface area contributed by atoms with Crippen LogP contribution in [0, 0.1) is 11.3 Å². The molecule has 4 aliphatic heterocycles. The molecule has 1 aromatic carbocycles. The number of hydrogen-bond donors (Lipinski definition) is 1. The van der Waals surface area contributed by atoms with Crippen molar-refractivity contribution in [3.05, 3.63) is 35.4 Å². The van der Waals surface area contributed by atoms with Crippen molar-refractivity contribution in [1.29, 1.82) is 0 Å². The van der Waals surface area contributed by atoms with Gasteiger partial charge in [-0.15, -0.1) is 0 Å². The Kier molecular flexibility index (Phi) is 2.96. The largest absolute Gasteiger partial charge is 0.508 e. The lowest BCUT2D eigenvalue weighted by atomic mass is 9.43. The van der Waals surface area contributed by atoms with E-state index in [0.29, 0.717) is 6.61 Å². The van der Waals surface area contributed by atoms with Crippen LogP contribution in [0.2, 0.25) is 0 Å². The van der Waals surface area contributed by atoms with Crippen molar-refractivity contribution >= 4 is 11.7 Å². The van der Waals surface area contributed by atoms with E-state index < -0.39 is 16.6 Å². The summed E-state index contributed by atoms with van der Waals surface area (Å²) in [6.07, 6.45) is 3.92. The summed E-state index contributed by atoms with van der Waals surface area (Å²) in [7, 11) is 3.58. The van der Waals surface area contributed by atoms with Crippen LogP contribution in [-0.2, 0) is 19.7 Å². The van der Waals surface area contributed by atoms with Gasteiger partial charge in [0.1, 0.15) is 11.2 Å². The smallest absolute Gasteiger partial charge is 0.315 e. The van der Waals surface area contributed by atoms with Crippen molar-refractivity contribution in [3.63, 3.8) is 0 Å². The first-order valence-electron chi connectivity index (χ1n) is 10.2. The summed E-state index contributed by atoms with van der Waals surface area (Å²) in [4.78, 5) is 18.4. The molecule has 148 valence electrons. The van der Waals surface area contributed by atoms with Gasteiger partial charge in [-0.3, -0.25) is 9.69 Å². The second-order valence-electron chi connectivity index (χ2n) is 9.00. The molecule has 0 spiro atoms. The van der Waals surface area contributed by atoms with Gasteiger partial charge in [0.05, 0.1) is 25.2 Å². The van der Waals surface area contributed by atoms with Crippen LogP contribution in [-0.4, -0.2) is 61.6 Å². The summed E-state index contributed by atoms with van der Waals surface area (Å²) < 4.78 is 12.2. The first-order valence-corrected chi connectivity index (χ1v) is 10.2. The monoisotopic (exact) mass is 382 g/mol. The fourth-order valence-electron chi connectivity index (χ4n) is 7.78. The molecule has 4 fully saturated rings. The van der Waals surface area contributed by atoms with Gasteiger partial charge in [-0.05, 0) is 43.5 Å². The van der Waals surface area contributed by atoms with Crippen molar-refractivity contribution in [2.45, 2.75) is 36.9 Å². The topological polar surface area (TPSA) is 62.2 Å². The van der Waals surface area contributed by atoms with Crippen molar-refractivity contribution in [3.8, 4) is 5.75 Å². The molecule has 0 unspecified atom stereocenters. The zero-order valence-electron chi connectivity index (χ0n) is 16.6. The third kappa shape index (κ3) is 1.37. The minimum absolute atomic E-state index is 0.101. The molecule has 6 nitrogen and oxygen atoms in total. The number of likely N-dealkylation sites (N-methyl/N-ethyl adjacent to an activating group) is 1. The molecule has 0 radical (unpaired) electrons. The number of methoxy groups -OCH3 is 1. The van der Waals surface area contributed by atoms with E-state index in [4.69, 9.17) is 9.47 Å². The van der Waals surface area contributed by atoms with E-state index in [0.717, 1.165) is 37.2 Å². The Morgan fingerprint density at radius 3 is 3.00 bits per heavy atom. The van der Waals surface area contributed by atoms with E-state index in [1.54, 1.807) is 6.07 Å². The van der Waals surface area contributed by atoms with E-state index >= 15 is 0 Å². The third-order valence-corrected chi connectivity index (χ3v) is 8.67. The molecule has 1 saturated carbocycles. The van der Waals surface area contributed by atoms with Crippen LogP contribution in [0.3, 0.4) is 0 Å². The quantitative estimate of drug-likeness (QED) is 0.592. The van der Waals surface area contributed by atoms with Crippen LogP contribution in [0.15, 0.2) is 29.8 Å². The number of benzene rings is 1. The lowest BCUT2D eigenvalue weighted by molar-refractivity contribution is -0.184. The molecule has 0 aromatic heterocycles. The third-order valence-electron chi connectivity index (χ3n) is 8.67. The predicted molar refractivity (Wildman–Crippen MR) is 103 cm³/mol. The number of nitrogens with zero attached hydrogens (tertiary/aromatic N) is 2. The summed E-state index contributed by atoms with van der Waals surface area (Å²) in [5.41, 5.74) is 1.54. The number of piperidine rings is 2. The predicted octanol–water partition coefficient (Wildman–Crippen LogP) is 2.02. The van der Waals surface area contributed by atoms with Gasteiger partial charge >= 0.3 is 5.97 Å². The van der Waals surface area contributed by atoms with Gasteiger partial charge in [0.15, 0.2) is 5.72 Å². The van der Waals surface area contributed by atoms with E-state index in [-0.39, 0.29) is 23.7 Å². The zero-order chi connectivity index (χ0) is 19.5. The lowest BCUT2D eigenvalue weighted by Gasteiger charge is -2.66. The average Bonchev–Trinajstić information content (AvgIpc) is 3.08. The molecule has 28 heavy (non-hydrogen) atoms. The fraction of sp³-hybridized carbons (Fsp3) is 0.591. The standard InChI is InChI=1S/C22H26N2O4/c1-4-13-11-24-8-7-21-16-9-14(25)5-6-17(16)23(2)22(21)18(24)10-15(13)20(21,12-28-22)19(26)27-3/h4-6,9,15,18,25H,7-8,10-12H2,1-3H3/t15-,18-,20+,21-,22+/m0/s1. The van der Waals surface area contributed by atoms with Gasteiger partial charge in [0, 0.05) is 31.7 Å². The lowest BCUT2D eigenvalue weighted by Crippen LogP contribution is -2.80. The highest BCUT2D eigenvalue weighted by atomic mass is 16.6. The number of hydrogen-bond acceptors (Lipinski definition) is 6. The maximum atomic E-state index is 13.6. The maximum absolute atomic E-state index is 13.6. The fourth-order valence-corrected chi connectivity index (χ4v) is 7.78. The zero-order valence-corrected chi connectivity index (χ0v) is 16.6. The number of phenolic OH excluding ortho intramolecular Hbond substituents is 1. The molecule has 5 bridgehead atoms. The second-order valence-corrected chi connectivity index (χ2v) is 9.00. The van der Waals surface area contributed by atoms with E-state index in [2.05, 4.69) is 29.8 Å². The Morgan fingerprint density at radius 2 is 2.25 bits per heavy atom. The molecule has 1 aliphatic carbocycles. The number of ether oxygens (including phenoxy) is 2. The minimum Gasteiger partial charge on any atom is -0.508 e. The van der Waals surface area contributed by atoms with Crippen LogP contribution < -0.4 is 4.90 Å². The average molecular weight is 382 g/mol. The molecule has 0 amide bonds. The van der Waals surface area contributed by atoms with Crippen LogP contribution in [0.25, 0.3) is 0 Å². The molecule has 6 rings (SSSR count). The Morgan fingerprint density at radius 1 is 1.43 bits per heavy atom. The Hall–Kier alpha value is -2.05. The van der Waals surface area contributed by atoms with Gasteiger partial charge < -0.3 is 19.5 Å².